The molecule has 2 amide bonds. The topological polar surface area (TPSA) is 59.4 Å². The summed E-state index contributed by atoms with van der Waals surface area (Å²) in [6.45, 7) is 0.351. The number of carbonyl (C=O) groups excluding carboxylic acids is 2. The highest BCUT2D eigenvalue weighted by Crippen LogP contribution is 2.54. The van der Waals surface area contributed by atoms with Crippen LogP contribution in [-0.4, -0.2) is 21.6 Å². The Morgan fingerprint density at radius 1 is 0.778 bits per heavy atom. The summed E-state index contributed by atoms with van der Waals surface area (Å²) in [6, 6.07) is 23.6. The van der Waals surface area contributed by atoms with Gasteiger partial charge in [0.15, 0.2) is 0 Å². The number of fused-ring (bicyclic) bond motifs is 2. The van der Waals surface area contributed by atoms with E-state index in [4.69, 9.17) is 23.2 Å². The number of aromatic nitrogens is 1. The zero-order valence-electron chi connectivity index (χ0n) is 18.6. The fourth-order valence-electron chi connectivity index (χ4n) is 4.89. The number of carbonyl (C=O) groups is 2. The molecule has 1 fully saturated rings. The number of amides is 2. The molecule has 0 aliphatic carbocycles. The number of thioether (sulfide) groups is 1. The van der Waals surface area contributed by atoms with Crippen molar-refractivity contribution in [3.63, 3.8) is 0 Å². The van der Waals surface area contributed by atoms with E-state index in [0.29, 0.717) is 22.3 Å². The van der Waals surface area contributed by atoms with Gasteiger partial charge in [-0.3, -0.25) is 19.0 Å². The molecule has 36 heavy (non-hydrogen) atoms. The van der Waals surface area contributed by atoms with Gasteiger partial charge in [-0.15, -0.1) is 0 Å². The van der Waals surface area contributed by atoms with Crippen LogP contribution in [0.2, 0.25) is 10.0 Å². The van der Waals surface area contributed by atoms with Gasteiger partial charge in [0.05, 0.1) is 23.2 Å². The maximum atomic E-state index is 13.8. The summed E-state index contributed by atoms with van der Waals surface area (Å²) in [7, 11) is 0. The number of anilines is 1. The van der Waals surface area contributed by atoms with E-state index < -0.39 is 17.1 Å². The van der Waals surface area contributed by atoms with Crippen molar-refractivity contribution < 1.29 is 9.59 Å². The van der Waals surface area contributed by atoms with Crippen molar-refractivity contribution in [3.05, 3.63) is 115 Å². The van der Waals surface area contributed by atoms with Crippen LogP contribution >= 0.6 is 46.3 Å². The predicted molar refractivity (Wildman–Crippen MR) is 144 cm³/mol. The van der Waals surface area contributed by atoms with Crippen LogP contribution in [-0.2, 0) is 16.1 Å². The van der Waals surface area contributed by atoms with Crippen LogP contribution < -0.4 is 9.77 Å². The second kappa shape index (κ2) is 9.23. The number of hydrogen-bond acceptors (Lipinski definition) is 5. The summed E-state index contributed by atoms with van der Waals surface area (Å²) in [5.74, 6) is -1.57. The van der Waals surface area contributed by atoms with Crippen LogP contribution in [0, 0.1) is 5.92 Å². The number of benzene rings is 3. The summed E-state index contributed by atoms with van der Waals surface area (Å²) in [5, 5.41) is 1.29. The standard InChI is InChI=1S/C27H18Cl2N2O3S2/c28-17-10-6-15(7-11-17)14-30-26-23(36-27(30)34)20(16-8-12-18(29)13-9-16)21-22(35-26)25(33)31(24(21)32)19-4-2-1-3-5-19/h1-13,20-22H,14H2. The van der Waals surface area contributed by atoms with Gasteiger partial charge in [-0.25, -0.2) is 4.90 Å². The molecule has 0 N–H and O–H groups in total. The molecule has 3 aromatic carbocycles. The van der Waals surface area contributed by atoms with Gasteiger partial charge < -0.3 is 0 Å². The van der Waals surface area contributed by atoms with E-state index in [-0.39, 0.29) is 16.7 Å². The lowest BCUT2D eigenvalue weighted by Crippen LogP contribution is -2.32. The third-order valence-electron chi connectivity index (χ3n) is 6.55. The second-order valence-corrected chi connectivity index (χ2v) is 11.7. The van der Waals surface area contributed by atoms with Crippen molar-refractivity contribution in [3.8, 4) is 0 Å². The first kappa shape index (κ1) is 23.6. The van der Waals surface area contributed by atoms with Crippen LogP contribution in [0.25, 0.3) is 0 Å². The molecular weight excluding hydrogens is 535 g/mol. The minimum atomic E-state index is -0.642. The number of imide groups is 1. The van der Waals surface area contributed by atoms with Gasteiger partial charge in [-0.1, -0.05) is 88.8 Å². The van der Waals surface area contributed by atoms with Gasteiger partial charge in [-0.2, -0.15) is 0 Å². The number of halogens is 2. The maximum Gasteiger partial charge on any atom is 0.308 e. The maximum absolute atomic E-state index is 13.8. The largest absolute Gasteiger partial charge is 0.308 e. The average Bonchev–Trinajstić information content (AvgIpc) is 3.32. The summed E-state index contributed by atoms with van der Waals surface area (Å²) in [6.07, 6.45) is 0. The van der Waals surface area contributed by atoms with E-state index in [1.807, 2.05) is 42.5 Å². The van der Waals surface area contributed by atoms with Crippen molar-refractivity contribution >= 4 is 63.8 Å². The van der Waals surface area contributed by atoms with Gasteiger partial charge in [-0.05, 0) is 47.5 Å². The normalized spacial score (nSPS) is 20.9. The minimum Gasteiger partial charge on any atom is -0.289 e. The Balaban J connectivity index is 1.49. The summed E-state index contributed by atoms with van der Waals surface area (Å²) < 4.78 is 1.70. The van der Waals surface area contributed by atoms with Gasteiger partial charge in [0.2, 0.25) is 11.8 Å². The number of para-hydroxylation sites is 1. The third kappa shape index (κ3) is 3.91. The Labute approximate surface area is 225 Å². The highest BCUT2D eigenvalue weighted by atomic mass is 35.5. The van der Waals surface area contributed by atoms with Crippen LogP contribution in [0.4, 0.5) is 5.69 Å². The molecule has 2 aliphatic heterocycles. The molecule has 1 aromatic heterocycles. The zero-order valence-corrected chi connectivity index (χ0v) is 21.8. The molecule has 4 aromatic rings. The van der Waals surface area contributed by atoms with Crippen molar-refractivity contribution in [2.45, 2.75) is 22.7 Å². The Morgan fingerprint density at radius 3 is 2.08 bits per heavy atom. The first-order valence-corrected chi connectivity index (χ1v) is 13.7. The first-order valence-electron chi connectivity index (χ1n) is 11.3. The van der Waals surface area contributed by atoms with Gasteiger partial charge in [0, 0.05) is 20.8 Å². The van der Waals surface area contributed by atoms with E-state index in [9.17, 15) is 14.4 Å². The zero-order chi connectivity index (χ0) is 25.0. The van der Waals surface area contributed by atoms with Gasteiger partial charge >= 0.3 is 4.87 Å². The Kier molecular flexibility index (Phi) is 6.04. The molecule has 3 unspecified atom stereocenters. The van der Waals surface area contributed by atoms with Crippen molar-refractivity contribution in [1.29, 1.82) is 0 Å². The number of thiazole rings is 1. The summed E-state index contributed by atoms with van der Waals surface area (Å²) in [5.41, 5.74) is 2.33. The molecule has 9 heteroatoms. The summed E-state index contributed by atoms with van der Waals surface area (Å²) >= 11 is 14.7. The van der Waals surface area contributed by atoms with Crippen LogP contribution in [0.1, 0.15) is 21.9 Å². The molecule has 3 heterocycles. The molecule has 0 saturated carbocycles. The Hall–Kier alpha value is -2.84. The molecule has 3 atom stereocenters. The van der Waals surface area contributed by atoms with E-state index in [0.717, 1.165) is 32.4 Å². The number of nitrogens with zero attached hydrogens (tertiary/aromatic N) is 2. The average molecular weight is 553 g/mol. The molecule has 1 saturated heterocycles. The Morgan fingerprint density at radius 2 is 1.42 bits per heavy atom. The lowest BCUT2D eigenvalue weighted by atomic mass is 9.83. The highest BCUT2D eigenvalue weighted by molar-refractivity contribution is 8.00. The van der Waals surface area contributed by atoms with Crippen LogP contribution in [0.5, 0.6) is 0 Å². The molecule has 180 valence electrons. The molecule has 5 nitrogen and oxygen atoms in total. The van der Waals surface area contributed by atoms with Crippen molar-refractivity contribution in [2.75, 3.05) is 4.90 Å². The Bertz CT molecular complexity index is 1530. The van der Waals surface area contributed by atoms with Gasteiger partial charge in [0.1, 0.15) is 5.25 Å². The predicted octanol–water partition coefficient (Wildman–Crippen LogP) is 6.06. The number of hydrogen-bond donors (Lipinski definition) is 0. The third-order valence-corrected chi connectivity index (χ3v) is 9.65. The van der Waals surface area contributed by atoms with Crippen molar-refractivity contribution in [1.82, 2.24) is 4.57 Å². The van der Waals surface area contributed by atoms with E-state index in [2.05, 4.69) is 0 Å². The lowest BCUT2D eigenvalue weighted by Gasteiger charge is -2.30. The molecule has 2 aliphatic rings. The fraction of sp³-hybridized carbons (Fsp3) is 0.148. The smallest absolute Gasteiger partial charge is 0.289 e. The molecule has 0 radical (unpaired) electrons. The van der Waals surface area contributed by atoms with E-state index in [1.165, 1.54) is 16.7 Å². The van der Waals surface area contributed by atoms with Crippen LogP contribution in [0.15, 0.2) is 88.7 Å². The monoisotopic (exact) mass is 552 g/mol. The first-order chi connectivity index (χ1) is 17.4. The minimum absolute atomic E-state index is 0.124. The van der Waals surface area contributed by atoms with Crippen molar-refractivity contribution in [2.24, 2.45) is 5.92 Å². The van der Waals surface area contributed by atoms with E-state index in [1.54, 1.807) is 41.0 Å². The summed E-state index contributed by atoms with van der Waals surface area (Å²) in [4.78, 5) is 42.7. The number of rotatable bonds is 4. The fourth-order valence-corrected chi connectivity index (χ4v) is 7.91. The molecular formula is C27H18Cl2N2O3S2. The second-order valence-electron chi connectivity index (χ2n) is 8.69. The van der Waals surface area contributed by atoms with E-state index >= 15 is 0 Å². The quantitative estimate of drug-likeness (QED) is 0.289. The molecule has 0 bridgehead atoms. The highest BCUT2D eigenvalue weighted by Gasteiger charge is 2.56. The molecule has 6 rings (SSSR count). The molecule has 0 spiro atoms. The van der Waals surface area contributed by atoms with Crippen LogP contribution in [0.3, 0.4) is 0 Å². The lowest BCUT2D eigenvalue weighted by molar-refractivity contribution is -0.122. The van der Waals surface area contributed by atoms with Gasteiger partial charge in [0.25, 0.3) is 0 Å². The SMILES string of the molecule is O=C1C2Sc3c(sc(=O)n3Cc3ccc(Cl)cc3)C(c3ccc(Cl)cc3)C2C(=O)N1c1ccccc1.